The fraction of sp³-hybridized carbons (Fsp3) is 0.636. The molecule has 1 aromatic rings. The first-order chi connectivity index (χ1) is 7.11. The van der Waals surface area contributed by atoms with Crippen LogP contribution in [0.2, 0.25) is 0 Å². The van der Waals surface area contributed by atoms with Gasteiger partial charge in [0, 0.05) is 18.7 Å². The van der Waals surface area contributed by atoms with E-state index in [1.807, 2.05) is 0 Å². The number of hydrogen-bond acceptors (Lipinski definition) is 4. The predicted molar refractivity (Wildman–Crippen MR) is 64.1 cm³/mol. The van der Waals surface area contributed by atoms with Crippen molar-refractivity contribution in [1.29, 1.82) is 0 Å². The van der Waals surface area contributed by atoms with Crippen LogP contribution in [0.1, 0.15) is 39.2 Å². The Balaban J connectivity index is 3.21. The Labute approximate surface area is 91.5 Å². The standard InChI is InChI=1S/C11H20N4/c1-5-15(6-2)11-9(8(3)4)10(12)13-7-14-11/h7-8H,5-6H2,1-4H3,(H2,12,13,14). The van der Waals surface area contributed by atoms with Gasteiger partial charge in [0.1, 0.15) is 18.0 Å². The van der Waals surface area contributed by atoms with Crippen molar-refractivity contribution in [3.63, 3.8) is 0 Å². The lowest BCUT2D eigenvalue weighted by Crippen LogP contribution is -2.25. The van der Waals surface area contributed by atoms with Crippen LogP contribution in [-0.4, -0.2) is 23.1 Å². The van der Waals surface area contributed by atoms with Gasteiger partial charge in [0.2, 0.25) is 0 Å². The minimum absolute atomic E-state index is 0.349. The number of nitrogen functional groups attached to an aromatic ring is 1. The van der Waals surface area contributed by atoms with Crippen LogP contribution in [0.3, 0.4) is 0 Å². The lowest BCUT2D eigenvalue weighted by atomic mass is 10.0. The lowest BCUT2D eigenvalue weighted by Gasteiger charge is -2.24. The maximum absolute atomic E-state index is 5.89. The number of hydrogen-bond donors (Lipinski definition) is 1. The summed E-state index contributed by atoms with van der Waals surface area (Å²) in [6.45, 7) is 10.3. The fourth-order valence-corrected chi connectivity index (χ4v) is 1.73. The van der Waals surface area contributed by atoms with Crippen LogP contribution >= 0.6 is 0 Å². The average molecular weight is 208 g/mol. The van der Waals surface area contributed by atoms with E-state index in [4.69, 9.17) is 5.73 Å². The van der Waals surface area contributed by atoms with E-state index in [0.29, 0.717) is 11.7 Å². The summed E-state index contributed by atoms with van der Waals surface area (Å²) in [6.07, 6.45) is 1.54. The number of nitrogens with zero attached hydrogens (tertiary/aromatic N) is 3. The molecule has 0 bridgehead atoms. The molecule has 0 aliphatic heterocycles. The van der Waals surface area contributed by atoms with Gasteiger partial charge in [0.05, 0.1) is 0 Å². The third kappa shape index (κ3) is 2.37. The van der Waals surface area contributed by atoms with Crippen molar-refractivity contribution < 1.29 is 0 Å². The summed E-state index contributed by atoms with van der Waals surface area (Å²) in [5.74, 6) is 1.92. The zero-order valence-corrected chi connectivity index (χ0v) is 9.99. The molecule has 0 amide bonds. The molecule has 1 aromatic heterocycles. The third-order valence-corrected chi connectivity index (χ3v) is 2.53. The van der Waals surface area contributed by atoms with Gasteiger partial charge < -0.3 is 10.6 Å². The molecule has 0 aromatic carbocycles. The van der Waals surface area contributed by atoms with Gasteiger partial charge in [-0.2, -0.15) is 0 Å². The van der Waals surface area contributed by atoms with E-state index in [9.17, 15) is 0 Å². The molecule has 2 N–H and O–H groups in total. The minimum Gasteiger partial charge on any atom is -0.383 e. The molecule has 0 saturated heterocycles. The maximum Gasteiger partial charge on any atom is 0.137 e. The Morgan fingerprint density at radius 3 is 2.33 bits per heavy atom. The Hall–Kier alpha value is -1.32. The minimum atomic E-state index is 0.349. The molecule has 1 rings (SSSR count). The quantitative estimate of drug-likeness (QED) is 0.822. The molecule has 4 nitrogen and oxygen atoms in total. The van der Waals surface area contributed by atoms with E-state index < -0.39 is 0 Å². The summed E-state index contributed by atoms with van der Waals surface area (Å²) < 4.78 is 0. The maximum atomic E-state index is 5.89. The van der Waals surface area contributed by atoms with E-state index in [-0.39, 0.29) is 0 Å². The second-order valence-electron chi connectivity index (χ2n) is 3.82. The lowest BCUT2D eigenvalue weighted by molar-refractivity contribution is 0.791. The van der Waals surface area contributed by atoms with Crippen LogP contribution < -0.4 is 10.6 Å². The van der Waals surface area contributed by atoms with Gasteiger partial charge >= 0.3 is 0 Å². The van der Waals surface area contributed by atoms with Crippen molar-refractivity contribution in [2.24, 2.45) is 0 Å². The Kier molecular flexibility index (Phi) is 3.88. The van der Waals surface area contributed by atoms with Crippen LogP contribution in [0, 0.1) is 0 Å². The number of rotatable bonds is 4. The van der Waals surface area contributed by atoms with Gasteiger partial charge in [-0.3, -0.25) is 0 Å². The number of nitrogens with two attached hydrogens (primary N) is 1. The van der Waals surface area contributed by atoms with Gasteiger partial charge in [-0.1, -0.05) is 13.8 Å². The molecule has 0 atom stereocenters. The van der Waals surface area contributed by atoms with Gasteiger partial charge in [-0.15, -0.1) is 0 Å². The van der Waals surface area contributed by atoms with Crippen molar-refractivity contribution >= 4 is 11.6 Å². The highest BCUT2D eigenvalue weighted by Crippen LogP contribution is 2.28. The number of aromatic nitrogens is 2. The first-order valence-electron chi connectivity index (χ1n) is 5.47. The molecule has 4 heteroatoms. The van der Waals surface area contributed by atoms with Gasteiger partial charge in [0.25, 0.3) is 0 Å². The molecule has 0 aliphatic rings. The third-order valence-electron chi connectivity index (χ3n) is 2.53. The molecule has 84 valence electrons. The fourth-order valence-electron chi connectivity index (χ4n) is 1.73. The van der Waals surface area contributed by atoms with Crippen molar-refractivity contribution in [2.45, 2.75) is 33.6 Å². The predicted octanol–water partition coefficient (Wildman–Crippen LogP) is 2.03. The van der Waals surface area contributed by atoms with Gasteiger partial charge in [-0.25, -0.2) is 9.97 Å². The SMILES string of the molecule is CCN(CC)c1ncnc(N)c1C(C)C. The molecule has 0 aliphatic carbocycles. The van der Waals surface area contributed by atoms with Crippen LogP contribution in [0.4, 0.5) is 11.6 Å². The van der Waals surface area contributed by atoms with E-state index in [2.05, 4.69) is 42.6 Å². The molecule has 1 heterocycles. The Morgan fingerprint density at radius 2 is 1.87 bits per heavy atom. The average Bonchev–Trinajstić information content (AvgIpc) is 2.19. The van der Waals surface area contributed by atoms with Crippen molar-refractivity contribution in [2.75, 3.05) is 23.7 Å². The Bertz CT molecular complexity index is 318. The second kappa shape index (κ2) is 4.96. The molecule has 0 unspecified atom stereocenters. The van der Waals surface area contributed by atoms with E-state index in [0.717, 1.165) is 24.5 Å². The zero-order chi connectivity index (χ0) is 11.4. The summed E-state index contributed by atoms with van der Waals surface area (Å²) in [5, 5.41) is 0. The van der Waals surface area contributed by atoms with Crippen LogP contribution in [-0.2, 0) is 0 Å². The normalized spacial score (nSPS) is 10.7. The summed E-state index contributed by atoms with van der Waals surface area (Å²) in [7, 11) is 0. The molecular formula is C11H20N4. The first-order valence-corrected chi connectivity index (χ1v) is 5.47. The number of anilines is 2. The zero-order valence-electron chi connectivity index (χ0n) is 9.99. The molecule has 0 spiro atoms. The van der Waals surface area contributed by atoms with Crippen molar-refractivity contribution in [1.82, 2.24) is 9.97 Å². The molecular weight excluding hydrogens is 188 g/mol. The first kappa shape index (κ1) is 11.8. The summed E-state index contributed by atoms with van der Waals surface area (Å²) in [5.41, 5.74) is 6.95. The Morgan fingerprint density at radius 1 is 1.27 bits per heavy atom. The largest absolute Gasteiger partial charge is 0.383 e. The van der Waals surface area contributed by atoms with E-state index >= 15 is 0 Å². The van der Waals surface area contributed by atoms with Crippen molar-refractivity contribution in [3.8, 4) is 0 Å². The van der Waals surface area contributed by atoms with Gasteiger partial charge in [-0.05, 0) is 19.8 Å². The van der Waals surface area contributed by atoms with E-state index in [1.54, 1.807) is 0 Å². The summed E-state index contributed by atoms with van der Waals surface area (Å²) in [4.78, 5) is 10.6. The van der Waals surface area contributed by atoms with Crippen LogP contribution in [0.5, 0.6) is 0 Å². The molecule has 0 fully saturated rings. The smallest absolute Gasteiger partial charge is 0.137 e. The second-order valence-corrected chi connectivity index (χ2v) is 3.82. The summed E-state index contributed by atoms with van der Waals surface area (Å²) in [6, 6.07) is 0. The van der Waals surface area contributed by atoms with Gasteiger partial charge in [0.15, 0.2) is 0 Å². The molecule has 15 heavy (non-hydrogen) atoms. The molecule has 0 saturated carbocycles. The van der Waals surface area contributed by atoms with Crippen LogP contribution in [0.25, 0.3) is 0 Å². The highest BCUT2D eigenvalue weighted by atomic mass is 15.2. The van der Waals surface area contributed by atoms with Crippen molar-refractivity contribution in [3.05, 3.63) is 11.9 Å². The van der Waals surface area contributed by atoms with Crippen LogP contribution in [0.15, 0.2) is 6.33 Å². The highest BCUT2D eigenvalue weighted by molar-refractivity contribution is 5.58. The van der Waals surface area contributed by atoms with E-state index in [1.165, 1.54) is 6.33 Å². The summed E-state index contributed by atoms with van der Waals surface area (Å²) >= 11 is 0. The molecule has 0 radical (unpaired) electrons. The monoisotopic (exact) mass is 208 g/mol. The highest BCUT2D eigenvalue weighted by Gasteiger charge is 2.16. The topological polar surface area (TPSA) is 55.0 Å².